The Balaban J connectivity index is 1.98. The fraction of sp³-hybridized carbons (Fsp3) is 0.462. The molecule has 0 saturated heterocycles. The largest absolute Gasteiger partial charge is 0.427 e. The molecule has 18 heavy (non-hydrogen) atoms. The maximum absolute atomic E-state index is 11.6. The van der Waals surface area contributed by atoms with Crippen molar-refractivity contribution in [2.45, 2.75) is 38.0 Å². The Bertz CT molecular complexity index is 568. The highest BCUT2D eigenvalue weighted by Gasteiger charge is 2.19. The molecule has 3 rings (SSSR count). The summed E-state index contributed by atoms with van der Waals surface area (Å²) in [5.74, 6) is 1.16. The van der Waals surface area contributed by atoms with Crippen molar-refractivity contribution >= 4 is 0 Å². The van der Waals surface area contributed by atoms with Crippen LogP contribution >= 0.6 is 0 Å². The van der Waals surface area contributed by atoms with Crippen LogP contribution in [0.4, 0.5) is 0 Å². The van der Waals surface area contributed by atoms with Gasteiger partial charge in [-0.05, 0) is 12.8 Å². The van der Waals surface area contributed by atoms with Crippen LogP contribution in [0.1, 0.15) is 43.8 Å². The molecule has 0 radical (unpaired) electrons. The van der Waals surface area contributed by atoms with E-state index in [2.05, 4.69) is 10.3 Å². The van der Waals surface area contributed by atoms with Gasteiger partial charge in [-0.2, -0.15) is 0 Å². The topological polar surface area (TPSA) is 60.9 Å². The molecule has 2 aromatic heterocycles. The third-order valence-electron chi connectivity index (χ3n) is 3.47. The summed E-state index contributed by atoms with van der Waals surface area (Å²) in [6.07, 6.45) is 9.22. The van der Waals surface area contributed by atoms with Crippen LogP contribution in [0.2, 0.25) is 0 Å². The predicted molar refractivity (Wildman–Crippen MR) is 65.7 cm³/mol. The zero-order valence-corrected chi connectivity index (χ0v) is 10.1. The Morgan fingerprint density at radius 1 is 1.22 bits per heavy atom. The lowest BCUT2D eigenvalue weighted by Crippen LogP contribution is -2.10. The summed E-state index contributed by atoms with van der Waals surface area (Å²) >= 11 is 0. The quantitative estimate of drug-likeness (QED) is 0.814. The molecule has 0 bridgehead atoms. The third-order valence-corrected chi connectivity index (χ3v) is 3.47. The van der Waals surface area contributed by atoms with Crippen molar-refractivity contribution in [2.24, 2.45) is 0 Å². The van der Waals surface area contributed by atoms with E-state index in [0.29, 0.717) is 5.92 Å². The first-order valence-electron chi connectivity index (χ1n) is 6.35. The lowest BCUT2D eigenvalue weighted by atomic mass is 9.87. The predicted octanol–water partition coefficient (Wildman–Crippen LogP) is 2.27. The van der Waals surface area contributed by atoms with E-state index in [-0.39, 0.29) is 5.63 Å². The van der Waals surface area contributed by atoms with Gasteiger partial charge in [-0.15, -0.1) is 5.10 Å². The molecular weight excluding hydrogens is 230 g/mol. The average Bonchev–Trinajstić information content (AvgIpc) is 2.93. The third kappa shape index (κ3) is 2.20. The van der Waals surface area contributed by atoms with E-state index in [1.807, 2.05) is 6.07 Å². The Kier molecular flexibility index (Phi) is 2.96. The highest BCUT2D eigenvalue weighted by molar-refractivity contribution is 5.30. The van der Waals surface area contributed by atoms with E-state index in [4.69, 9.17) is 4.42 Å². The van der Waals surface area contributed by atoms with Gasteiger partial charge in [-0.25, -0.2) is 9.48 Å². The average molecular weight is 245 g/mol. The van der Waals surface area contributed by atoms with Crippen LogP contribution in [0.5, 0.6) is 0 Å². The minimum atomic E-state index is -0.316. The first-order valence-corrected chi connectivity index (χ1v) is 6.35. The molecule has 1 aliphatic carbocycles. The minimum absolute atomic E-state index is 0.316. The Morgan fingerprint density at radius 2 is 2.06 bits per heavy atom. The van der Waals surface area contributed by atoms with Crippen molar-refractivity contribution in [3.8, 4) is 5.69 Å². The lowest BCUT2D eigenvalue weighted by molar-refractivity contribution is 0.354. The molecule has 1 saturated carbocycles. The van der Waals surface area contributed by atoms with Gasteiger partial charge in [0.1, 0.15) is 5.76 Å². The summed E-state index contributed by atoms with van der Waals surface area (Å²) in [4.78, 5) is 11.6. The van der Waals surface area contributed by atoms with Gasteiger partial charge in [0, 0.05) is 18.1 Å². The molecule has 2 heterocycles. The summed E-state index contributed by atoms with van der Waals surface area (Å²) < 4.78 is 6.92. The SMILES string of the molecule is O=c1cc(-n2ccnn2)cc(C2CCCCC2)o1. The second-order valence-corrected chi connectivity index (χ2v) is 4.72. The summed E-state index contributed by atoms with van der Waals surface area (Å²) in [6.45, 7) is 0. The Labute approximate surface area is 104 Å². The van der Waals surface area contributed by atoms with Gasteiger partial charge in [-0.3, -0.25) is 0 Å². The highest BCUT2D eigenvalue weighted by Crippen LogP contribution is 2.32. The molecule has 1 aliphatic rings. The molecule has 0 unspecified atom stereocenters. The summed E-state index contributed by atoms with van der Waals surface area (Å²) in [7, 11) is 0. The second kappa shape index (κ2) is 4.76. The zero-order chi connectivity index (χ0) is 12.4. The Morgan fingerprint density at radius 3 is 2.78 bits per heavy atom. The maximum atomic E-state index is 11.6. The maximum Gasteiger partial charge on any atom is 0.338 e. The lowest BCUT2D eigenvalue weighted by Gasteiger charge is -2.20. The van der Waals surface area contributed by atoms with Gasteiger partial charge in [0.25, 0.3) is 0 Å². The number of hydrogen-bond acceptors (Lipinski definition) is 4. The molecule has 5 heteroatoms. The van der Waals surface area contributed by atoms with Crippen LogP contribution in [-0.2, 0) is 0 Å². The standard InChI is InChI=1S/C13H15N3O2/c17-13-9-11(16-7-6-14-15-16)8-12(18-13)10-4-2-1-3-5-10/h6-10H,1-5H2. The Hall–Kier alpha value is -1.91. The molecule has 94 valence electrons. The van der Waals surface area contributed by atoms with Crippen LogP contribution in [0, 0.1) is 0 Å². The summed E-state index contributed by atoms with van der Waals surface area (Å²) in [5, 5.41) is 7.65. The van der Waals surface area contributed by atoms with Gasteiger partial charge < -0.3 is 4.42 Å². The summed E-state index contributed by atoms with van der Waals surface area (Å²) in [6, 6.07) is 3.35. The van der Waals surface area contributed by atoms with E-state index in [0.717, 1.165) is 24.3 Å². The van der Waals surface area contributed by atoms with Crippen molar-refractivity contribution < 1.29 is 4.42 Å². The van der Waals surface area contributed by atoms with Crippen molar-refractivity contribution in [2.75, 3.05) is 0 Å². The molecule has 0 aromatic carbocycles. The van der Waals surface area contributed by atoms with E-state index < -0.39 is 0 Å². The smallest absolute Gasteiger partial charge is 0.338 e. The fourth-order valence-electron chi connectivity index (χ4n) is 2.55. The van der Waals surface area contributed by atoms with Gasteiger partial charge >= 0.3 is 5.63 Å². The molecule has 0 aliphatic heterocycles. The van der Waals surface area contributed by atoms with Gasteiger partial charge in [-0.1, -0.05) is 24.5 Å². The van der Waals surface area contributed by atoms with E-state index in [1.165, 1.54) is 25.3 Å². The van der Waals surface area contributed by atoms with Crippen LogP contribution < -0.4 is 5.63 Å². The van der Waals surface area contributed by atoms with Crippen LogP contribution in [0.25, 0.3) is 5.69 Å². The van der Waals surface area contributed by atoms with Gasteiger partial charge in [0.05, 0.1) is 18.1 Å². The van der Waals surface area contributed by atoms with Crippen molar-refractivity contribution in [1.29, 1.82) is 0 Å². The monoisotopic (exact) mass is 245 g/mol. The molecule has 0 amide bonds. The van der Waals surface area contributed by atoms with Crippen LogP contribution in [0.15, 0.2) is 33.7 Å². The second-order valence-electron chi connectivity index (χ2n) is 4.72. The van der Waals surface area contributed by atoms with Crippen molar-refractivity contribution in [3.05, 3.63) is 40.7 Å². The van der Waals surface area contributed by atoms with Crippen LogP contribution in [-0.4, -0.2) is 15.0 Å². The van der Waals surface area contributed by atoms with Gasteiger partial charge in [0.2, 0.25) is 0 Å². The summed E-state index contributed by atoms with van der Waals surface area (Å²) in [5.41, 5.74) is 0.410. The van der Waals surface area contributed by atoms with E-state index >= 15 is 0 Å². The highest BCUT2D eigenvalue weighted by atomic mass is 16.4. The van der Waals surface area contributed by atoms with Gasteiger partial charge in [0.15, 0.2) is 0 Å². The molecular formula is C13H15N3O2. The molecule has 1 fully saturated rings. The molecule has 5 nitrogen and oxygen atoms in total. The minimum Gasteiger partial charge on any atom is -0.427 e. The number of hydrogen-bond donors (Lipinski definition) is 0. The molecule has 0 N–H and O–H groups in total. The first-order chi connectivity index (χ1) is 8.83. The fourth-order valence-corrected chi connectivity index (χ4v) is 2.55. The van der Waals surface area contributed by atoms with Crippen LogP contribution in [0.3, 0.4) is 0 Å². The van der Waals surface area contributed by atoms with Crippen molar-refractivity contribution in [3.63, 3.8) is 0 Å². The number of nitrogens with zero attached hydrogens (tertiary/aromatic N) is 3. The molecule has 0 atom stereocenters. The zero-order valence-electron chi connectivity index (χ0n) is 10.1. The van der Waals surface area contributed by atoms with Crippen molar-refractivity contribution in [1.82, 2.24) is 15.0 Å². The molecule has 0 spiro atoms. The number of rotatable bonds is 2. The molecule has 2 aromatic rings. The van der Waals surface area contributed by atoms with E-state index in [9.17, 15) is 4.79 Å². The number of aromatic nitrogens is 3. The normalized spacial score (nSPS) is 16.9. The van der Waals surface area contributed by atoms with E-state index in [1.54, 1.807) is 17.1 Å². The first kappa shape index (κ1) is 11.2.